The lowest BCUT2D eigenvalue weighted by Crippen LogP contribution is -2.41. The van der Waals surface area contributed by atoms with Crippen molar-refractivity contribution in [3.05, 3.63) is 53.2 Å². The number of nitrogens with zero attached hydrogens (tertiary/aromatic N) is 4. The summed E-state index contributed by atoms with van der Waals surface area (Å²) in [6, 6.07) is 10.4. The lowest BCUT2D eigenvalue weighted by atomic mass is 9.97. The molecule has 3 aromatic heterocycles. The van der Waals surface area contributed by atoms with Crippen molar-refractivity contribution in [1.29, 1.82) is 0 Å². The Morgan fingerprint density at radius 1 is 1.18 bits per heavy atom. The Hall–Kier alpha value is -3.36. The number of ether oxygens (including phenoxy) is 1. The van der Waals surface area contributed by atoms with Crippen LogP contribution in [0, 0.1) is 18.8 Å². The second kappa shape index (κ2) is 8.57. The number of pyridine rings is 1. The molecule has 2 bridgehead atoms. The van der Waals surface area contributed by atoms with Gasteiger partial charge in [0.2, 0.25) is 0 Å². The van der Waals surface area contributed by atoms with Crippen molar-refractivity contribution < 1.29 is 14.6 Å². The second-order valence-corrected chi connectivity index (χ2v) is 12.4. The smallest absolute Gasteiger partial charge is 0.255 e. The summed E-state index contributed by atoms with van der Waals surface area (Å²) in [6.07, 6.45) is 6.38. The number of aromatic nitrogens is 3. The van der Waals surface area contributed by atoms with E-state index < -0.39 is 5.60 Å². The van der Waals surface area contributed by atoms with Gasteiger partial charge in [0.05, 0.1) is 24.0 Å². The van der Waals surface area contributed by atoms with Crippen molar-refractivity contribution in [2.24, 2.45) is 17.6 Å². The first-order valence-corrected chi connectivity index (χ1v) is 14.1. The lowest BCUT2D eigenvalue weighted by molar-refractivity contribution is 0.0699. The van der Waals surface area contributed by atoms with Gasteiger partial charge in [-0.25, -0.2) is 4.52 Å². The molecule has 8 heteroatoms. The van der Waals surface area contributed by atoms with Gasteiger partial charge >= 0.3 is 0 Å². The number of piperidine rings is 1. The monoisotopic (exact) mass is 527 g/mol. The van der Waals surface area contributed by atoms with Crippen LogP contribution in [0.1, 0.15) is 61.0 Å². The molecule has 3 aliphatic rings. The minimum atomic E-state index is -0.920. The zero-order chi connectivity index (χ0) is 27.2. The van der Waals surface area contributed by atoms with Crippen molar-refractivity contribution in [2.75, 3.05) is 13.7 Å². The summed E-state index contributed by atoms with van der Waals surface area (Å²) < 4.78 is 9.99. The number of amides is 1. The maximum absolute atomic E-state index is 13.6. The van der Waals surface area contributed by atoms with E-state index in [1.165, 1.54) is 12.8 Å². The van der Waals surface area contributed by atoms with Crippen LogP contribution in [0.25, 0.3) is 27.8 Å². The number of carbonyl (C=O) groups excluding carboxylic acids is 1. The number of aliphatic hydroxyl groups is 1. The van der Waals surface area contributed by atoms with E-state index in [0.717, 1.165) is 64.9 Å². The Kier molecular flexibility index (Phi) is 5.42. The highest BCUT2D eigenvalue weighted by atomic mass is 16.5. The van der Waals surface area contributed by atoms with Gasteiger partial charge in [-0.15, -0.1) is 0 Å². The highest BCUT2D eigenvalue weighted by molar-refractivity contribution is 5.96. The quantitative estimate of drug-likeness (QED) is 0.386. The van der Waals surface area contributed by atoms with Crippen molar-refractivity contribution in [2.45, 2.75) is 70.7 Å². The van der Waals surface area contributed by atoms with Crippen LogP contribution in [-0.4, -0.2) is 55.8 Å². The summed E-state index contributed by atoms with van der Waals surface area (Å²) >= 11 is 0. The molecule has 0 spiro atoms. The van der Waals surface area contributed by atoms with Crippen molar-refractivity contribution in [3.8, 4) is 17.1 Å². The van der Waals surface area contributed by atoms with E-state index in [2.05, 4.69) is 29.7 Å². The van der Waals surface area contributed by atoms with Gasteiger partial charge in [-0.3, -0.25) is 4.79 Å². The van der Waals surface area contributed by atoms with Crippen molar-refractivity contribution >= 4 is 22.3 Å². The number of fused-ring (bicyclic) bond motifs is 4. The average molecular weight is 528 g/mol. The molecule has 4 heterocycles. The molecule has 1 saturated heterocycles. The normalized spacial score (nSPS) is 22.9. The highest BCUT2D eigenvalue weighted by Gasteiger charge is 2.47. The van der Waals surface area contributed by atoms with Gasteiger partial charge in [-0.1, -0.05) is 12.1 Å². The first-order chi connectivity index (χ1) is 18.6. The number of aryl methyl sites for hydroxylation is 1. The SMILES string of the molecule is COc1cc(C(=O)N2CC3CCC2[C@@H]3N)cn2nc(-c3cc4ccc(C(C)(C)O)cc4n3CC3CC3)c(C)c12. The number of hydrogen-bond donors (Lipinski definition) is 2. The molecule has 3 fully saturated rings. The predicted octanol–water partition coefficient (Wildman–Crippen LogP) is 4.47. The van der Waals surface area contributed by atoms with Crippen molar-refractivity contribution in [3.63, 3.8) is 0 Å². The maximum atomic E-state index is 13.6. The van der Waals surface area contributed by atoms with E-state index in [9.17, 15) is 9.90 Å². The Morgan fingerprint density at radius 3 is 2.62 bits per heavy atom. The molecular formula is C31H37N5O3. The molecule has 2 unspecified atom stereocenters. The molecule has 8 nitrogen and oxygen atoms in total. The van der Waals surface area contributed by atoms with E-state index in [1.54, 1.807) is 7.11 Å². The average Bonchev–Trinajstić information content (AvgIpc) is 3.31. The minimum Gasteiger partial charge on any atom is -0.494 e. The lowest BCUT2D eigenvalue weighted by Gasteiger charge is -2.27. The zero-order valence-electron chi connectivity index (χ0n) is 23.1. The molecule has 1 aliphatic heterocycles. The third-order valence-electron chi connectivity index (χ3n) is 9.30. The molecule has 4 aromatic rings. The molecule has 1 amide bonds. The third kappa shape index (κ3) is 3.87. The van der Waals surface area contributed by atoms with Crippen molar-refractivity contribution in [1.82, 2.24) is 19.1 Å². The van der Waals surface area contributed by atoms with Crippen LogP contribution in [-0.2, 0) is 12.1 Å². The topological polar surface area (TPSA) is 98.0 Å². The number of nitrogens with two attached hydrogens (primary N) is 1. The molecular weight excluding hydrogens is 490 g/mol. The largest absolute Gasteiger partial charge is 0.494 e. The van der Waals surface area contributed by atoms with Crippen LogP contribution in [0.2, 0.25) is 0 Å². The van der Waals surface area contributed by atoms with Gasteiger partial charge in [0.25, 0.3) is 5.91 Å². The van der Waals surface area contributed by atoms with Crippen LogP contribution in [0.15, 0.2) is 36.5 Å². The molecule has 3 N–H and O–H groups in total. The van der Waals surface area contributed by atoms with Crippen LogP contribution < -0.4 is 10.5 Å². The van der Waals surface area contributed by atoms with Gasteiger partial charge in [0.15, 0.2) is 0 Å². The van der Waals surface area contributed by atoms with Gasteiger partial charge in [0.1, 0.15) is 17.0 Å². The van der Waals surface area contributed by atoms with Gasteiger partial charge in [-0.05, 0) is 82.1 Å². The second-order valence-electron chi connectivity index (χ2n) is 12.4. The molecule has 39 heavy (non-hydrogen) atoms. The fourth-order valence-electron chi connectivity index (χ4n) is 6.84. The standard InChI is InChI=1S/C31H37N5O3/c1-17-28(25-11-19-7-9-22(31(2,3)38)13-24(19)34(25)14-18-5-6-18)33-36-16-21(12-26(39-4)29(17)36)30(37)35-15-20-8-10-23(35)27(20)32/h7,9,11-13,16,18,20,23,27,38H,5-6,8,10,14-15,32H2,1-4H3/t20?,23?,27-/m1/s1. The Balaban J connectivity index is 1.35. The molecule has 3 atom stereocenters. The molecule has 1 aromatic carbocycles. The molecule has 204 valence electrons. The first kappa shape index (κ1) is 24.7. The number of methoxy groups -OCH3 is 1. The number of hydrogen-bond acceptors (Lipinski definition) is 5. The fourth-order valence-corrected chi connectivity index (χ4v) is 6.84. The summed E-state index contributed by atoms with van der Waals surface area (Å²) in [7, 11) is 1.64. The molecule has 2 saturated carbocycles. The van der Waals surface area contributed by atoms with Crippen LogP contribution in [0.5, 0.6) is 5.75 Å². The fraction of sp³-hybridized carbons (Fsp3) is 0.484. The number of likely N-dealkylation sites (tertiary alicyclic amines) is 1. The maximum Gasteiger partial charge on any atom is 0.255 e. The summed E-state index contributed by atoms with van der Waals surface area (Å²) in [5.74, 6) is 1.69. The van der Waals surface area contributed by atoms with E-state index >= 15 is 0 Å². The van der Waals surface area contributed by atoms with E-state index in [-0.39, 0.29) is 18.0 Å². The summed E-state index contributed by atoms with van der Waals surface area (Å²) in [5, 5.41) is 16.8. The first-order valence-electron chi connectivity index (χ1n) is 14.1. The Labute approximate surface area is 228 Å². The van der Waals surface area contributed by atoms with Gasteiger partial charge < -0.3 is 25.0 Å². The third-order valence-corrected chi connectivity index (χ3v) is 9.30. The molecule has 0 radical (unpaired) electrons. The zero-order valence-corrected chi connectivity index (χ0v) is 23.1. The van der Waals surface area contributed by atoms with Crippen LogP contribution in [0.4, 0.5) is 0 Å². The van der Waals surface area contributed by atoms with Crippen LogP contribution >= 0.6 is 0 Å². The molecule has 2 aliphatic carbocycles. The Bertz CT molecular complexity index is 1620. The summed E-state index contributed by atoms with van der Waals surface area (Å²) in [5.41, 5.74) is 11.8. The number of rotatable bonds is 6. The summed E-state index contributed by atoms with van der Waals surface area (Å²) in [6.45, 7) is 7.35. The van der Waals surface area contributed by atoms with Gasteiger partial charge in [-0.2, -0.15) is 5.10 Å². The summed E-state index contributed by atoms with van der Waals surface area (Å²) in [4.78, 5) is 15.6. The predicted molar refractivity (Wildman–Crippen MR) is 151 cm³/mol. The minimum absolute atomic E-state index is 0.00505. The van der Waals surface area contributed by atoms with E-state index in [1.807, 2.05) is 41.6 Å². The molecule has 7 rings (SSSR count). The van der Waals surface area contributed by atoms with E-state index in [0.29, 0.717) is 23.1 Å². The van der Waals surface area contributed by atoms with E-state index in [4.69, 9.17) is 15.6 Å². The van der Waals surface area contributed by atoms with Gasteiger partial charge in [0, 0.05) is 47.8 Å². The number of benzene rings is 1. The van der Waals surface area contributed by atoms with Crippen LogP contribution in [0.3, 0.4) is 0 Å². The highest BCUT2D eigenvalue weighted by Crippen LogP contribution is 2.40. The number of carbonyl (C=O) groups is 1. The Morgan fingerprint density at radius 2 is 1.97 bits per heavy atom.